The van der Waals surface area contributed by atoms with E-state index in [1.165, 1.54) is 31.4 Å². The predicted molar refractivity (Wildman–Crippen MR) is 98.2 cm³/mol. The van der Waals surface area contributed by atoms with Crippen molar-refractivity contribution in [2.75, 3.05) is 13.2 Å². The van der Waals surface area contributed by atoms with Crippen molar-refractivity contribution < 1.29 is 14.4 Å². The van der Waals surface area contributed by atoms with Crippen LogP contribution in [-0.2, 0) is 0 Å². The maximum atomic E-state index is 10.6. The van der Waals surface area contributed by atoms with Crippen molar-refractivity contribution >= 4 is 5.69 Å². The highest BCUT2D eigenvalue weighted by Gasteiger charge is 2.04. The molecule has 0 spiro atoms. The van der Waals surface area contributed by atoms with E-state index in [1.807, 2.05) is 30.3 Å². The van der Waals surface area contributed by atoms with Gasteiger partial charge in [-0.2, -0.15) is 0 Å². The number of hydrogen-bond acceptors (Lipinski definition) is 4. The van der Waals surface area contributed by atoms with Gasteiger partial charge in [-0.05, 0) is 37.1 Å². The molecule has 0 fully saturated rings. The first-order chi connectivity index (χ1) is 12.3. The van der Waals surface area contributed by atoms with Crippen LogP contribution in [0.2, 0.25) is 0 Å². The summed E-state index contributed by atoms with van der Waals surface area (Å²) >= 11 is 0. The number of unbranched alkanes of at least 4 members (excludes halogenated alkanes) is 5. The molecule has 134 valence electrons. The van der Waals surface area contributed by atoms with Gasteiger partial charge in [-0.25, -0.2) is 0 Å². The fourth-order valence-corrected chi connectivity index (χ4v) is 2.47. The lowest BCUT2D eigenvalue weighted by Crippen LogP contribution is -1.98. The smallest absolute Gasteiger partial charge is 0.269 e. The summed E-state index contributed by atoms with van der Waals surface area (Å²) in [7, 11) is 0. The Morgan fingerprint density at radius 3 is 1.68 bits per heavy atom. The second-order valence-corrected chi connectivity index (χ2v) is 5.88. The van der Waals surface area contributed by atoms with E-state index in [2.05, 4.69) is 0 Å². The predicted octanol–water partition coefficient (Wildman–Crippen LogP) is 5.39. The monoisotopic (exact) mass is 343 g/mol. The van der Waals surface area contributed by atoms with E-state index in [1.54, 1.807) is 12.1 Å². The van der Waals surface area contributed by atoms with Crippen molar-refractivity contribution in [3.05, 3.63) is 64.7 Å². The van der Waals surface area contributed by atoms with Crippen molar-refractivity contribution in [1.82, 2.24) is 0 Å². The molecule has 0 aromatic heterocycles. The van der Waals surface area contributed by atoms with Crippen LogP contribution in [-0.4, -0.2) is 18.1 Å². The summed E-state index contributed by atoms with van der Waals surface area (Å²) in [6.45, 7) is 1.42. The molecule has 0 aliphatic carbocycles. The highest BCUT2D eigenvalue weighted by molar-refractivity contribution is 5.35. The van der Waals surface area contributed by atoms with E-state index in [-0.39, 0.29) is 5.69 Å². The second-order valence-electron chi connectivity index (χ2n) is 5.88. The van der Waals surface area contributed by atoms with Gasteiger partial charge in [0, 0.05) is 12.1 Å². The lowest BCUT2D eigenvalue weighted by atomic mass is 10.1. The number of nitrogens with zero attached hydrogens (tertiary/aromatic N) is 1. The Bertz CT molecular complexity index is 613. The standard InChI is InChI=1S/C20H25NO4/c22-21(23)18-12-14-20(15-13-18)25-17-9-4-2-1-3-8-16-24-19-10-6-5-7-11-19/h5-7,10-15H,1-4,8-9,16-17H2. The second kappa shape index (κ2) is 11.1. The summed E-state index contributed by atoms with van der Waals surface area (Å²) in [6, 6.07) is 16.1. The first-order valence-corrected chi connectivity index (χ1v) is 8.81. The fraction of sp³-hybridized carbons (Fsp3) is 0.400. The Kier molecular flexibility index (Phi) is 8.32. The molecule has 0 atom stereocenters. The minimum atomic E-state index is -0.408. The zero-order chi connectivity index (χ0) is 17.7. The molecule has 0 radical (unpaired) electrons. The van der Waals surface area contributed by atoms with E-state index >= 15 is 0 Å². The largest absolute Gasteiger partial charge is 0.494 e. The van der Waals surface area contributed by atoms with Crippen molar-refractivity contribution in [3.8, 4) is 11.5 Å². The molecule has 0 bridgehead atoms. The third-order valence-corrected chi connectivity index (χ3v) is 3.87. The Labute approximate surface area is 148 Å². The van der Waals surface area contributed by atoms with Crippen LogP contribution in [0.1, 0.15) is 38.5 Å². The molecule has 0 unspecified atom stereocenters. The Balaban J connectivity index is 1.42. The maximum absolute atomic E-state index is 10.6. The van der Waals surface area contributed by atoms with Gasteiger partial charge in [-0.15, -0.1) is 0 Å². The van der Waals surface area contributed by atoms with Crippen LogP contribution in [0.15, 0.2) is 54.6 Å². The first kappa shape index (κ1) is 18.8. The van der Waals surface area contributed by atoms with Gasteiger partial charge in [-0.1, -0.05) is 43.9 Å². The first-order valence-electron chi connectivity index (χ1n) is 8.81. The molecule has 0 amide bonds. The molecule has 2 aromatic rings. The lowest BCUT2D eigenvalue weighted by molar-refractivity contribution is -0.384. The molecule has 5 heteroatoms. The third-order valence-electron chi connectivity index (χ3n) is 3.87. The van der Waals surface area contributed by atoms with E-state index in [4.69, 9.17) is 9.47 Å². The third kappa shape index (κ3) is 7.70. The SMILES string of the molecule is O=[N+]([O-])c1ccc(OCCCCCCCCOc2ccccc2)cc1. The van der Waals surface area contributed by atoms with Gasteiger partial charge in [0.1, 0.15) is 11.5 Å². The van der Waals surface area contributed by atoms with E-state index in [0.717, 1.165) is 31.6 Å². The van der Waals surface area contributed by atoms with Gasteiger partial charge in [-0.3, -0.25) is 10.1 Å². The Morgan fingerprint density at radius 1 is 0.680 bits per heavy atom. The van der Waals surface area contributed by atoms with Crippen molar-refractivity contribution in [3.63, 3.8) is 0 Å². The summed E-state index contributed by atoms with van der Waals surface area (Å²) in [5.74, 6) is 1.62. The van der Waals surface area contributed by atoms with Crippen molar-refractivity contribution in [1.29, 1.82) is 0 Å². The number of nitro groups is 1. The Morgan fingerprint density at radius 2 is 1.16 bits per heavy atom. The van der Waals surface area contributed by atoms with E-state index in [0.29, 0.717) is 12.4 Å². The van der Waals surface area contributed by atoms with Crippen LogP contribution >= 0.6 is 0 Å². The van der Waals surface area contributed by atoms with Crippen LogP contribution in [0, 0.1) is 10.1 Å². The highest BCUT2D eigenvalue weighted by Crippen LogP contribution is 2.17. The van der Waals surface area contributed by atoms with E-state index in [9.17, 15) is 10.1 Å². The molecule has 2 rings (SSSR count). The van der Waals surface area contributed by atoms with Gasteiger partial charge >= 0.3 is 0 Å². The molecule has 0 saturated carbocycles. The molecule has 0 heterocycles. The highest BCUT2D eigenvalue weighted by atomic mass is 16.6. The molecule has 0 aliphatic rings. The minimum absolute atomic E-state index is 0.0867. The van der Waals surface area contributed by atoms with Crippen LogP contribution in [0.25, 0.3) is 0 Å². The topological polar surface area (TPSA) is 61.6 Å². The number of benzene rings is 2. The molecular weight excluding hydrogens is 318 g/mol. The van der Waals surface area contributed by atoms with Gasteiger partial charge in [0.05, 0.1) is 18.1 Å². The number of non-ortho nitro benzene ring substituents is 1. The van der Waals surface area contributed by atoms with Crippen LogP contribution < -0.4 is 9.47 Å². The van der Waals surface area contributed by atoms with Crippen molar-refractivity contribution in [2.24, 2.45) is 0 Å². The summed E-state index contributed by atoms with van der Waals surface area (Å²) in [5.41, 5.74) is 0.0867. The zero-order valence-corrected chi connectivity index (χ0v) is 14.4. The van der Waals surface area contributed by atoms with Gasteiger partial charge in [0.15, 0.2) is 0 Å². The van der Waals surface area contributed by atoms with Crippen LogP contribution in [0.5, 0.6) is 11.5 Å². The van der Waals surface area contributed by atoms with Crippen LogP contribution in [0.3, 0.4) is 0 Å². The average molecular weight is 343 g/mol. The molecule has 25 heavy (non-hydrogen) atoms. The van der Waals surface area contributed by atoms with Gasteiger partial charge < -0.3 is 9.47 Å². The average Bonchev–Trinajstić information content (AvgIpc) is 2.64. The lowest BCUT2D eigenvalue weighted by Gasteiger charge is -2.07. The fourth-order valence-electron chi connectivity index (χ4n) is 2.47. The normalized spacial score (nSPS) is 10.4. The van der Waals surface area contributed by atoms with Gasteiger partial charge in [0.2, 0.25) is 0 Å². The Hall–Kier alpha value is -2.56. The maximum Gasteiger partial charge on any atom is 0.269 e. The quantitative estimate of drug-likeness (QED) is 0.294. The molecule has 0 saturated heterocycles. The number of ether oxygens (including phenoxy) is 2. The molecule has 0 N–H and O–H groups in total. The number of para-hydroxylation sites is 1. The zero-order valence-electron chi connectivity index (χ0n) is 14.4. The molecule has 0 aliphatic heterocycles. The van der Waals surface area contributed by atoms with E-state index < -0.39 is 4.92 Å². The number of rotatable bonds is 12. The van der Waals surface area contributed by atoms with Crippen molar-refractivity contribution in [2.45, 2.75) is 38.5 Å². The van der Waals surface area contributed by atoms with Crippen LogP contribution in [0.4, 0.5) is 5.69 Å². The molecular formula is C20H25NO4. The van der Waals surface area contributed by atoms with Gasteiger partial charge in [0.25, 0.3) is 5.69 Å². The molecule has 5 nitrogen and oxygen atoms in total. The summed E-state index contributed by atoms with van der Waals surface area (Å²) in [5, 5.41) is 10.6. The summed E-state index contributed by atoms with van der Waals surface area (Å²) in [6.07, 6.45) is 6.78. The molecule has 2 aromatic carbocycles. The number of nitro benzene ring substituents is 1. The summed E-state index contributed by atoms with van der Waals surface area (Å²) in [4.78, 5) is 10.2. The number of hydrogen-bond donors (Lipinski definition) is 0. The summed E-state index contributed by atoms with van der Waals surface area (Å²) < 4.78 is 11.3. The minimum Gasteiger partial charge on any atom is -0.494 e.